The third-order valence-electron chi connectivity index (χ3n) is 5.65. The van der Waals surface area contributed by atoms with Gasteiger partial charge in [-0.2, -0.15) is 4.31 Å². The maximum absolute atomic E-state index is 13.0. The molecule has 2 aliphatic rings. The number of hydrogen-bond donors (Lipinski definition) is 1. The molecule has 1 aromatic rings. The zero-order chi connectivity index (χ0) is 19.4. The van der Waals surface area contributed by atoms with E-state index >= 15 is 0 Å². The fourth-order valence-electron chi connectivity index (χ4n) is 3.82. The maximum atomic E-state index is 13.0. The second-order valence-corrected chi connectivity index (χ2v) is 9.86. The van der Waals surface area contributed by atoms with E-state index in [0.29, 0.717) is 35.8 Å². The van der Waals surface area contributed by atoms with Crippen molar-refractivity contribution in [1.82, 2.24) is 9.21 Å². The summed E-state index contributed by atoms with van der Waals surface area (Å²) in [7, 11) is -3.51. The van der Waals surface area contributed by atoms with Crippen LogP contribution in [0.5, 0.6) is 0 Å². The van der Waals surface area contributed by atoms with Crippen LogP contribution >= 0.6 is 0 Å². The van der Waals surface area contributed by atoms with Crippen LogP contribution in [-0.2, 0) is 14.8 Å². The predicted octanol–water partition coefficient (Wildman–Crippen LogP) is 2.84. The number of aryl methyl sites for hydroxylation is 1. The van der Waals surface area contributed by atoms with Crippen molar-refractivity contribution in [2.24, 2.45) is 5.92 Å². The van der Waals surface area contributed by atoms with Crippen molar-refractivity contribution in [3.63, 3.8) is 0 Å². The van der Waals surface area contributed by atoms with Gasteiger partial charge in [0, 0.05) is 18.8 Å². The molecule has 27 heavy (non-hydrogen) atoms. The lowest BCUT2D eigenvalue weighted by molar-refractivity contribution is -0.117. The van der Waals surface area contributed by atoms with Crippen LogP contribution in [0.1, 0.15) is 44.6 Å². The Bertz CT molecular complexity index is 765. The molecule has 150 valence electrons. The number of rotatable bonds is 5. The van der Waals surface area contributed by atoms with Crippen LogP contribution in [0.4, 0.5) is 5.69 Å². The highest BCUT2D eigenvalue weighted by atomic mass is 32.2. The van der Waals surface area contributed by atoms with Crippen LogP contribution in [0.2, 0.25) is 0 Å². The lowest BCUT2D eigenvalue weighted by Crippen LogP contribution is -2.38. The molecular weight excluding hydrogens is 362 g/mol. The number of hydrogen-bond acceptors (Lipinski definition) is 4. The molecule has 1 aromatic carbocycles. The molecule has 2 heterocycles. The Labute approximate surface area is 163 Å². The fraction of sp³-hybridized carbons (Fsp3) is 0.650. The summed E-state index contributed by atoms with van der Waals surface area (Å²) in [4.78, 5) is 14.9. The van der Waals surface area contributed by atoms with Gasteiger partial charge in [0.05, 0.1) is 11.4 Å². The molecule has 3 rings (SSSR count). The number of anilines is 1. The lowest BCUT2D eigenvalue weighted by Gasteiger charge is -2.29. The van der Waals surface area contributed by atoms with E-state index in [2.05, 4.69) is 17.1 Å². The van der Waals surface area contributed by atoms with E-state index in [1.54, 1.807) is 29.4 Å². The fourth-order valence-corrected chi connectivity index (χ4v) is 5.59. The van der Waals surface area contributed by atoms with E-state index in [1.165, 1.54) is 0 Å². The van der Waals surface area contributed by atoms with E-state index in [0.717, 1.165) is 51.1 Å². The van der Waals surface area contributed by atoms with E-state index in [-0.39, 0.29) is 5.91 Å². The molecule has 7 heteroatoms. The molecule has 1 N–H and O–H groups in total. The van der Waals surface area contributed by atoms with Crippen molar-refractivity contribution in [3.05, 3.63) is 23.8 Å². The molecule has 0 atom stereocenters. The molecule has 2 fully saturated rings. The topological polar surface area (TPSA) is 69.7 Å². The molecule has 0 saturated carbocycles. The molecule has 0 radical (unpaired) electrons. The molecule has 0 aromatic heterocycles. The summed E-state index contributed by atoms with van der Waals surface area (Å²) < 4.78 is 27.6. The Morgan fingerprint density at radius 1 is 1.11 bits per heavy atom. The second-order valence-electron chi connectivity index (χ2n) is 7.95. The number of nitrogens with one attached hydrogen (secondary N) is 1. The third kappa shape index (κ3) is 5.09. The van der Waals surface area contributed by atoms with Gasteiger partial charge in [0.1, 0.15) is 0 Å². The van der Waals surface area contributed by atoms with Crippen LogP contribution in [0.3, 0.4) is 0 Å². The second kappa shape index (κ2) is 8.71. The number of sulfonamides is 1. The first-order valence-corrected chi connectivity index (χ1v) is 11.4. The zero-order valence-corrected chi connectivity index (χ0v) is 17.2. The Kier molecular flexibility index (Phi) is 6.55. The molecule has 0 spiro atoms. The summed E-state index contributed by atoms with van der Waals surface area (Å²) in [5.74, 6) is 0.638. The Balaban J connectivity index is 1.68. The van der Waals surface area contributed by atoms with Gasteiger partial charge in [0.25, 0.3) is 0 Å². The quantitative estimate of drug-likeness (QED) is 0.835. The summed E-state index contributed by atoms with van der Waals surface area (Å²) in [6.45, 7) is 7.44. The minimum Gasteiger partial charge on any atom is -0.325 e. The van der Waals surface area contributed by atoms with Gasteiger partial charge in [-0.05, 0) is 69.3 Å². The van der Waals surface area contributed by atoms with Gasteiger partial charge in [-0.1, -0.05) is 19.4 Å². The summed E-state index contributed by atoms with van der Waals surface area (Å²) in [6.07, 6.45) is 5.13. The minimum atomic E-state index is -3.51. The van der Waals surface area contributed by atoms with Crippen molar-refractivity contribution in [1.29, 1.82) is 0 Å². The van der Waals surface area contributed by atoms with Crippen LogP contribution in [-0.4, -0.2) is 56.3 Å². The van der Waals surface area contributed by atoms with Gasteiger partial charge in [0.15, 0.2) is 0 Å². The monoisotopic (exact) mass is 393 g/mol. The Morgan fingerprint density at radius 3 is 2.44 bits per heavy atom. The van der Waals surface area contributed by atoms with Crippen LogP contribution in [0.15, 0.2) is 23.1 Å². The standard InChI is InChI=1S/C20H31N3O3S/c1-16-8-12-22(13-9-16)15-20(24)21-18-7-6-17(2)19(14-18)27(25,26)23-10-4-3-5-11-23/h6-7,14,16H,3-5,8-13,15H2,1-2H3,(H,21,24). The smallest absolute Gasteiger partial charge is 0.243 e. The molecule has 2 aliphatic heterocycles. The van der Waals surface area contributed by atoms with Crippen LogP contribution in [0.25, 0.3) is 0 Å². The van der Waals surface area contributed by atoms with Gasteiger partial charge < -0.3 is 5.32 Å². The van der Waals surface area contributed by atoms with Crippen molar-refractivity contribution < 1.29 is 13.2 Å². The first kappa shape index (κ1) is 20.3. The molecule has 2 saturated heterocycles. The van der Waals surface area contributed by atoms with Crippen molar-refractivity contribution in [2.45, 2.75) is 50.8 Å². The largest absolute Gasteiger partial charge is 0.325 e. The van der Waals surface area contributed by atoms with E-state index in [1.807, 2.05) is 0 Å². The van der Waals surface area contributed by atoms with Crippen LogP contribution in [0, 0.1) is 12.8 Å². The van der Waals surface area contributed by atoms with Crippen molar-refractivity contribution in [3.8, 4) is 0 Å². The van der Waals surface area contributed by atoms with Crippen molar-refractivity contribution in [2.75, 3.05) is 38.0 Å². The molecule has 0 unspecified atom stereocenters. The highest BCUT2D eigenvalue weighted by Crippen LogP contribution is 2.26. The van der Waals surface area contributed by atoms with Crippen molar-refractivity contribution >= 4 is 21.6 Å². The number of nitrogens with zero attached hydrogens (tertiary/aromatic N) is 2. The zero-order valence-electron chi connectivity index (χ0n) is 16.4. The number of amides is 1. The molecule has 1 amide bonds. The van der Waals surface area contributed by atoms with E-state index in [4.69, 9.17) is 0 Å². The highest BCUT2D eigenvalue weighted by Gasteiger charge is 2.27. The van der Waals surface area contributed by atoms with E-state index in [9.17, 15) is 13.2 Å². The summed E-state index contributed by atoms with van der Waals surface area (Å²) >= 11 is 0. The highest BCUT2D eigenvalue weighted by molar-refractivity contribution is 7.89. The molecule has 0 bridgehead atoms. The Morgan fingerprint density at radius 2 is 1.78 bits per heavy atom. The normalized spacial score (nSPS) is 20.5. The van der Waals surface area contributed by atoms with Crippen LogP contribution < -0.4 is 5.32 Å². The van der Waals surface area contributed by atoms with E-state index < -0.39 is 10.0 Å². The number of carbonyl (C=O) groups excluding carboxylic acids is 1. The number of carbonyl (C=O) groups is 1. The average Bonchev–Trinajstić information content (AvgIpc) is 2.66. The summed E-state index contributed by atoms with van der Waals surface area (Å²) in [5.41, 5.74) is 1.26. The summed E-state index contributed by atoms with van der Waals surface area (Å²) in [6, 6.07) is 5.16. The molecular formula is C20H31N3O3S. The first-order chi connectivity index (χ1) is 12.9. The number of benzene rings is 1. The average molecular weight is 394 g/mol. The predicted molar refractivity (Wildman–Crippen MR) is 107 cm³/mol. The Hall–Kier alpha value is -1.44. The minimum absolute atomic E-state index is 0.0882. The summed E-state index contributed by atoms with van der Waals surface area (Å²) in [5, 5.41) is 2.88. The van der Waals surface area contributed by atoms with Gasteiger partial charge in [0.2, 0.25) is 15.9 Å². The first-order valence-electron chi connectivity index (χ1n) is 9.99. The van der Waals surface area contributed by atoms with Gasteiger partial charge in [-0.25, -0.2) is 8.42 Å². The SMILES string of the molecule is Cc1ccc(NC(=O)CN2CCC(C)CC2)cc1S(=O)(=O)N1CCCCC1. The number of piperidine rings is 2. The molecule has 6 nitrogen and oxygen atoms in total. The molecule has 0 aliphatic carbocycles. The maximum Gasteiger partial charge on any atom is 0.243 e. The third-order valence-corrected chi connectivity index (χ3v) is 7.69. The number of likely N-dealkylation sites (tertiary alicyclic amines) is 1. The van der Waals surface area contributed by atoms with Gasteiger partial charge in [-0.3, -0.25) is 9.69 Å². The lowest BCUT2D eigenvalue weighted by atomic mass is 9.99. The van der Waals surface area contributed by atoms with Gasteiger partial charge >= 0.3 is 0 Å². The van der Waals surface area contributed by atoms with Gasteiger partial charge in [-0.15, -0.1) is 0 Å².